The Hall–Kier alpha value is -14.8. The second-order valence-electron chi connectivity index (χ2n) is 30.0. The molecule has 0 amide bonds. The average molecular weight is 1630 g/mol. The number of aromatic nitrogens is 8. The fourth-order valence-electron chi connectivity index (χ4n) is 18.5. The van der Waals surface area contributed by atoms with Crippen LogP contribution in [-0.2, 0) is 0 Å². The number of anilines is 10. The van der Waals surface area contributed by atoms with Gasteiger partial charge >= 0.3 is 0 Å². The van der Waals surface area contributed by atoms with E-state index in [4.69, 9.17) is 19.9 Å². The Balaban J connectivity index is 0.000000133. The third-order valence-electron chi connectivity index (χ3n) is 23.4. The van der Waals surface area contributed by atoms with Crippen LogP contribution in [0.15, 0.2) is 395 Å². The lowest BCUT2D eigenvalue weighted by Gasteiger charge is -2.44. The minimum atomic E-state index is -0.106. The first-order valence-corrected chi connectivity index (χ1v) is 40.6. The number of halogens is 1. The van der Waals surface area contributed by atoms with Crippen LogP contribution in [0.5, 0.6) is 0 Å². The molecule has 6 aromatic heterocycles. The van der Waals surface area contributed by atoms with Crippen LogP contribution in [0.2, 0.25) is 0 Å². The van der Waals surface area contributed by atoms with E-state index in [1.165, 1.54) is 75.0 Å². The van der Waals surface area contributed by atoms with Crippen molar-refractivity contribution < 1.29 is 0 Å². The predicted molar refractivity (Wildman–Crippen MR) is 501 cm³/mol. The smallest absolute Gasteiger partial charge is 0.252 e. The quantitative estimate of drug-likeness (QED) is 0.115. The molecule has 118 heavy (non-hydrogen) atoms. The van der Waals surface area contributed by atoms with Gasteiger partial charge in [-0.05, 0) is 249 Å². The van der Waals surface area contributed by atoms with E-state index in [2.05, 4.69) is 413 Å². The molecule has 0 aliphatic carbocycles. The highest BCUT2D eigenvalue weighted by molar-refractivity contribution is 14.1. The van der Waals surface area contributed by atoms with E-state index in [0.717, 1.165) is 130 Å². The number of imidazole rings is 2. The van der Waals surface area contributed by atoms with Gasteiger partial charge in [0.05, 0.1) is 44.1 Å². The molecule has 25 rings (SSSR count). The van der Waals surface area contributed by atoms with Crippen LogP contribution in [0, 0.1) is 3.57 Å². The third kappa shape index (κ3) is 11.3. The number of hydrogen-bond acceptors (Lipinski definition) is 8. The van der Waals surface area contributed by atoms with Crippen molar-refractivity contribution in [2.75, 3.05) is 20.4 Å². The molecule has 0 spiro atoms. The highest BCUT2D eigenvalue weighted by atomic mass is 127. The molecular weight excluding hydrogens is 1550 g/mol. The van der Waals surface area contributed by atoms with E-state index in [1.54, 1.807) is 0 Å². The SMILES string of the molecule is C.Ic1ccccc1.c1ccc(-n2c(-c3ccc4c(c3)B3c5cc6c(cc5Nc5cccc(c53)N4)c3ccccc3n6-c3ccccn3)nc3ccccc32)cc1.c1ccc(N2c3ccc(-c4nc5ccccc5n4-c4ccccc4)cc3B3c4cc5c(cc4N(c4ccccc4)c4cccc2c43)c2ccccc2n5-c2ccccn2)cc1. The van der Waals surface area contributed by atoms with Gasteiger partial charge in [-0.25, -0.2) is 19.9 Å². The Morgan fingerprint density at radius 2 is 0.678 bits per heavy atom. The fourth-order valence-corrected chi connectivity index (χ4v) is 19.0. The number of hydrogen-bond donors (Lipinski definition) is 2. The van der Waals surface area contributed by atoms with Crippen molar-refractivity contribution in [1.82, 2.24) is 38.2 Å². The van der Waals surface area contributed by atoms with Crippen LogP contribution in [0.25, 0.3) is 111 Å². The van der Waals surface area contributed by atoms with Crippen LogP contribution >= 0.6 is 22.6 Å². The maximum Gasteiger partial charge on any atom is 0.252 e. The summed E-state index contributed by atoms with van der Waals surface area (Å²) in [4.78, 5) is 25.2. The summed E-state index contributed by atoms with van der Waals surface area (Å²) in [5, 5.41) is 12.4. The maximum absolute atomic E-state index is 5.35. The standard InChI is InChI=1S/C54H35BN6.C42H27BN6.C6H5I.CH4/c1-4-17-37(18-5-1)58-46-31-30-36(54-57-44-24-11-13-26-47(44)60(54)39-21-8-3-9-22-39)33-42(46)55-43-35-50-41(40-23-10-12-25-45(40)61(50)52-29-14-15-32-56-52)34-51(43)59(38-19-6-2-7-20-38)49-28-16-27-48(58)53(49)55;1-2-11-27(12-3-1)48-38-18-7-5-14-33(38)47-42(48)26-20-21-32-30(23-26)43-31-25-39-29(24-36(31)46-35-16-10-15-34(45-32)41(35)43)28-13-4-6-17-37(28)49(39)40-19-8-9-22-44-40;7-6-4-2-1-3-5-6;/h1-35H;1-25,45-46H;1-5H;1H4. The summed E-state index contributed by atoms with van der Waals surface area (Å²) in [6, 6.07) is 136. The Kier molecular flexibility index (Phi) is 17.0. The van der Waals surface area contributed by atoms with E-state index >= 15 is 0 Å². The van der Waals surface area contributed by atoms with Crippen LogP contribution in [-0.4, -0.2) is 51.6 Å². The molecule has 4 aliphatic rings. The highest BCUT2D eigenvalue weighted by Crippen LogP contribution is 2.47. The molecule has 556 valence electrons. The molecule has 0 radical (unpaired) electrons. The number of pyridine rings is 2. The maximum atomic E-state index is 5.35. The van der Waals surface area contributed by atoms with Crippen LogP contribution < -0.4 is 53.2 Å². The van der Waals surface area contributed by atoms with Crippen molar-refractivity contribution >= 4 is 191 Å². The number of nitrogens with zero attached hydrogens (tertiary/aromatic N) is 10. The number of para-hydroxylation sites is 10. The second kappa shape index (κ2) is 28.6. The van der Waals surface area contributed by atoms with Gasteiger partial charge in [-0.3, -0.25) is 18.3 Å². The first kappa shape index (κ1) is 69.9. The molecule has 10 heterocycles. The lowest BCUT2D eigenvalue weighted by atomic mass is 9.33. The topological polar surface area (TPSA) is 102 Å². The molecule has 0 unspecified atom stereocenters. The summed E-state index contributed by atoms with van der Waals surface area (Å²) in [5.41, 5.74) is 31.8. The van der Waals surface area contributed by atoms with Crippen LogP contribution in [0.4, 0.5) is 56.9 Å². The van der Waals surface area contributed by atoms with E-state index in [1.807, 2.05) is 42.7 Å². The zero-order chi connectivity index (χ0) is 77.2. The van der Waals surface area contributed by atoms with Crippen LogP contribution in [0.3, 0.4) is 0 Å². The van der Waals surface area contributed by atoms with Gasteiger partial charge in [0.1, 0.15) is 23.3 Å². The number of benzene rings is 15. The van der Waals surface area contributed by atoms with Gasteiger partial charge in [-0.1, -0.05) is 195 Å². The molecule has 2 N–H and O–H groups in total. The molecule has 0 fully saturated rings. The molecule has 4 aliphatic heterocycles. The summed E-state index contributed by atoms with van der Waals surface area (Å²) < 4.78 is 10.5. The summed E-state index contributed by atoms with van der Waals surface area (Å²) in [7, 11) is 0. The van der Waals surface area contributed by atoms with E-state index in [9.17, 15) is 0 Å². The molecule has 15 heteroatoms. The molecule has 0 atom stereocenters. The van der Waals surface area contributed by atoms with E-state index in [0.29, 0.717) is 0 Å². The number of nitrogens with one attached hydrogen (secondary N) is 2. The van der Waals surface area contributed by atoms with Gasteiger partial charge in [0.15, 0.2) is 0 Å². The molecule has 0 saturated heterocycles. The van der Waals surface area contributed by atoms with Crippen LogP contribution in [0.1, 0.15) is 7.43 Å². The molecular formula is C103H71B2IN12. The zero-order valence-electron chi connectivity index (χ0n) is 63.0. The van der Waals surface area contributed by atoms with Gasteiger partial charge in [-0.15, -0.1) is 0 Å². The molecule has 0 bridgehead atoms. The minimum Gasteiger partial charge on any atom is -0.356 e. The van der Waals surface area contributed by atoms with Gasteiger partial charge < -0.3 is 20.4 Å². The van der Waals surface area contributed by atoms with E-state index in [-0.39, 0.29) is 20.9 Å². The van der Waals surface area contributed by atoms with Crippen molar-refractivity contribution in [2.24, 2.45) is 0 Å². The van der Waals surface area contributed by atoms with Gasteiger partial charge in [-0.2, -0.15) is 0 Å². The van der Waals surface area contributed by atoms with Gasteiger partial charge in [0.2, 0.25) is 0 Å². The molecule has 0 saturated carbocycles. The monoisotopic (exact) mass is 1620 g/mol. The second-order valence-corrected chi connectivity index (χ2v) is 31.2. The summed E-state index contributed by atoms with van der Waals surface area (Å²) in [6.07, 6.45) is 3.75. The summed E-state index contributed by atoms with van der Waals surface area (Å²) in [6.45, 7) is -0.0991. The Morgan fingerprint density at radius 3 is 1.20 bits per heavy atom. The van der Waals surface area contributed by atoms with Gasteiger partial charge in [0.25, 0.3) is 13.4 Å². The van der Waals surface area contributed by atoms with Crippen molar-refractivity contribution in [1.29, 1.82) is 0 Å². The Labute approximate surface area is 696 Å². The largest absolute Gasteiger partial charge is 0.356 e. The molecule has 15 aromatic carbocycles. The first-order chi connectivity index (χ1) is 58.0. The zero-order valence-corrected chi connectivity index (χ0v) is 65.2. The summed E-state index contributed by atoms with van der Waals surface area (Å²) >= 11 is 2.28. The van der Waals surface area contributed by atoms with E-state index < -0.39 is 0 Å². The predicted octanol–water partition coefficient (Wildman–Crippen LogP) is 22.0. The molecule has 12 nitrogen and oxygen atoms in total. The van der Waals surface area contributed by atoms with Crippen molar-refractivity contribution in [2.45, 2.75) is 7.43 Å². The fraction of sp³-hybridized carbons (Fsp3) is 0.00971. The molecule has 21 aromatic rings. The average Bonchev–Trinajstić information content (AvgIpc) is 1.07. The number of rotatable bonds is 8. The van der Waals surface area contributed by atoms with Crippen molar-refractivity contribution in [3.63, 3.8) is 0 Å². The third-order valence-corrected chi connectivity index (χ3v) is 24.1. The Morgan fingerprint density at radius 1 is 0.263 bits per heavy atom. The number of fused-ring (bicyclic) bond motifs is 16. The lowest BCUT2D eigenvalue weighted by molar-refractivity contribution is 1.08. The lowest BCUT2D eigenvalue weighted by Crippen LogP contribution is -2.61. The van der Waals surface area contributed by atoms with Crippen molar-refractivity contribution in [3.8, 4) is 45.8 Å². The minimum absolute atomic E-state index is 0. The van der Waals surface area contributed by atoms with Crippen molar-refractivity contribution in [3.05, 3.63) is 398 Å². The first-order valence-electron chi connectivity index (χ1n) is 39.5. The normalized spacial score (nSPS) is 12.4. The van der Waals surface area contributed by atoms with Gasteiger partial charge in [0, 0.05) is 117 Å². The Bertz CT molecular complexity index is 7490. The highest BCUT2D eigenvalue weighted by Gasteiger charge is 2.45. The summed E-state index contributed by atoms with van der Waals surface area (Å²) in [5.74, 6) is 3.64.